The fourth-order valence-electron chi connectivity index (χ4n) is 2.51. The number of pyridine rings is 1. The minimum Gasteiger partial charge on any atom is -0.338 e. The lowest BCUT2D eigenvalue weighted by Crippen LogP contribution is -1.99. The van der Waals surface area contributed by atoms with Crippen LogP contribution < -0.4 is 5.32 Å². The Bertz CT molecular complexity index is 1030. The molecule has 26 heavy (non-hydrogen) atoms. The summed E-state index contributed by atoms with van der Waals surface area (Å²) >= 11 is 3.45. The molecular weight excluding hydrogens is 392 g/mol. The van der Waals surface area contributed by atoms with Gasteiger partial charge in [-0.05, 0) is 31.2 Å². The Morgan fingerprint density at radius 2 is 1.88 bits per heavy atom. The van der Waals surface area contributed by atoms with Crippen LogP contribution >= 0.6 is 15.9 Å². The molecule has 0 atom stereocenters. The molecule has 1 N–H and O–H groups in total. The number of benzene rings is 1. The summed E-state index contributed by atoms with van der Waals surface area (Å²) in [6.07, 6.45) is 5.35. The van der Waals surface area contributed by atoms with Crippen molar-refractivity contribution >= 4 is 27.4 Å². The van der Waals surface area contributed by atoms with Gasteiger partial charge in [0.15, 0.2) is 11.6 Å². The van der Waals surface area contributed by atoms with Crippen molar-refractivity contribution in [2.45, 2.75) is 6.92 Å². The first-order valence-corrected chi connectivity index (χ1v) is 8.81. The first-order valence-electron chi connectivity index (χ1n) is 8.02. The Morgan fingerprint density at radius 3 is 2.65 bits per heavy atom. The van der Waals surface area contributed by atoms with Gasteiger partial charge in [-0.3, -0.25) is 0 Å². The van der Waals surface area contributed by atoms with Crippen molar-refractivity contribution in [1.82, 2.24) is 24.7 Å². The SMILES string of the molecule is Cc1cc(Nc2cnn(-c3ccccn3)c2)nc(-c2ccc(Br)cc2)n1. The maximum absolute atomic E-state index is 4.62. The number of halogens is 1. The molecule has 0 aliphatic heterocycles. The molecule has 3 heterocycles. The van der Waals surface area contributed by atoms with Crippen molar-refractivity contribution in [1.29, 1.82) is 0 Å². The van der Waals surface area contributed by atoms with Crippen LogP contribution in [0.5, 0.6) is 0 Å². The average Bonchev–Trinajstić information content (AvgIpc) is 3.11. The van der Waals surface area contributed by atoms with Crippen LogP contribution in [0.4, 0.5) is 11.5 Å². The van der Waals surface area contributed by atoms with Gasteiger partial charge < -0.3 is 5.32 Å². The second-order valence-electron chi connectivity index (χ2n) is 5.71. The first kappa shape index (κ1) is 16.4. The van der Waals surface area contributed by atoms with Gasteiger partial charge >= 0.3 is 0 Å². The van der Waals surface area contributed by atoms with Gasteiger partial charge in [0.25, 0.3) is 0 Å². The van der Waals surface area contributed by atoms with Crippen LogP contribution in [0.3, 0.4) is 0 Å². The molecule has 0 fully saturated rings. The van der Waals surface area contributed by atoms with Crippen molar-refractivity contribution in [3.63, 3.8) is 0 Å². The van der Waals surface area contributed by atoms with E-state index in [2.05, 4.69) is 41.3 Å². The minimum absolute atomic E-state index is 0.678. The fraction of sp³-hybridized carbons (Fsp3) is 0.0526. The van der Waals surface area contributed by atoms with Gasteiger partial charge in [0, 0.05) is 28.0 Å². The van der Waals surface area contributed by atoms with Gasteiger partial charge in [-0.25, -0.2) is 19.6 Å². The van der Waals surface area contributed by atoms with E-state index in [1.54, 1.807) is 17.1 Å². The third-order valence-electron chi connectivity index (χ3n) is 3.70. The fourth-order valence-corrected chi connectivity index (χ4v) is 2.77. The number of aryl methyl sites for hydroxylation is 1. The summed E-state index contributed by atoms with van der Waals surface area (Å²) in [5.41, 5.74) is 2.68. The van der Waals surface area contributed by atoms with E-state index in [-0.39, 0.29) is 0 Å². The van der Waals surface area contributed by atoms with Gasteiger partial charge in [-0.15, -0.1) is 0 Å². The van der Waals surface area contributed by atoms with Gasteiger partial charge in [0.05, 0.1) is 18.1 Å². The van der Waals surface area contributed by atoms with Crippen LogP contribution in [0, 0.1) is 6.92 Å². The normalized spacial score (nSPS) is 10.7. The molecule has 0 radical (unpaired) electrons. The third kappa shape index (κ3) is 3.62. The predicted octanol–water partition coefficient (Wildman–Crippen LogP) is 4.54. The zero-order valence-electron chi connectivity index (χ0n) is 14.0. The van der Waals surface area contributed by atoms with Crippen molar-refractivity contribution < 1.29 is 0 Å². The van der Waals surface area contributed by atoms with E-state index in [0.717, 1.165) is 33.1 Å². The maximum atomic E-state index is 4.62. The summed E-state index contributed by atoms with van der Waals surface area (Å²) in [4.78, 5) is 13.4. The lowest BCUT2D eigenvalue weighted by atomic mass is 10.2. The summed E-state index contributed by atoms with van der Waals surface area (Å²) < 4.78 is 2.74. The molecule has 0 bridgehead atoms. The number of nitrogens with zero attached hydrogens (tertiary/aromatic N) is 5. The maximum Gasteiger partial charge on any atom is 0.161 e. The molecule has 7 heteroatoms. The van der Waals surface area contributed by atoms with Crippen LogP contribution in [-0.4, -0.2) is 24.7 Å². The highest BCUT2D eigenvalue weighted by molar-refractivity contribution is 9.10. The second kappa shape index (κ2) is 7.05. The number of hydrogen-bond donors (Lipinski definition) is 1. The first-order chi connectivity index (χ1) is 12.7. The Labute approximate surface area is 159 Å². The third-order valence-corrected chi connectivity index (χ3v) is 4.22. The monoisotopic (exact) mass is 406 g/mol. The quantitative estimate of drug-likeness (QED) is 0.538. The van der Waals surface area contributed by atoms with E-state index in [0.29, 0.717) is 5.82 Å². The standard InChI is InChI=1S/C19H15BrN6/c1-13-10-17(25-19(23-13)14-5-7-15(20)8-6-14)24-16-11-22-26(12-16)18-4-2-3-9-21-18/h2-12H,1H3,(H,23,24,25). The summed E-state index contributed by atoms with van der Waals surface area (Å²) in [5, 5.41) is 7.62. The van der Waals surface area contributed by atoms with Crippen LogP contribution in [0.15, 0.2) is 71.6 Å². The zero-order chi connectivity index (χ0) is 17.9. The van der Waals surface area contributed by atoms with E-state index in [1.165, 1.54) is 0 Å². The number of anilines is 2. The van der Waals surface area contributed by atoms with Crippen LogP contribution in [0.2, 0.25) is 0 Å². The Hall–Kier alpha value is -3.06. The Balaban J connectivity index is 1.61. The van der Waals surface area contributed by atoms with E-state index in [4.69, 9.17) is 0 Å². The molecule has 128 valence electrons. The zero-order valence-corrected chi connectivity index (χ0v) is 15.6. The number of hydrogen-bond acceptors (Lipinski definition) is 5. The van der Waals surface area contributed by atoms with Crippen molar-refractivity contribution in [2.75, 3.05) is 5.32 Å². The topological polar surface area (TPSA) is 68.5 Å². The highest BCUT2D eigenvalue weighted by atomic mass is 79.9. The molecule has 0 aliphatic rings. The van der Waals surface area contributed by atoms with Gasteiger partial charge in [0.1, 0.15) is 5.82 Å². The molecule has 0 amide bonds. The predicted molar refractivity (Wildman–Crippen MR) is 105 cm³/mol. The van der Waals surface area contributed by atoms with E-state index >= 15 is 0 Å². The lowest BCUT2D eigenvalue weighted by molar-refractivity contribution is 0.847. The Morgan fingerprint density at radius 1 is 1.04 bits per heavy atom. The van der Waals surface area contributed by atoms with Gasteiger partial charge in [-0.1, -0.05) is 34.1 Å². The minimum atomic E-state index is 0.678. The smallest absolute Gasteiger partial charge is 0.161 e. The summed E-state index contributed by atoms with van der Waals surface area (Å²) in [7, 11) is 0. The number of aromatic nitrogens is 5. The van der Waals surface area contributed by atoms with Crippen molar-refractivity contribution in [2.24, 2.45) is 0 Å². The van der Waals surface area contributed by atoms with Crippen molar-refractivity contribution in [3.8, 4) is 17.2 Å². The molecule has 0 unspecified atom stereocenters. The summed E-state index contributed by atoms with van der Waals surface area (Å²) in [5.74, 6) is 2.16. The molecule has 0 spiro atoms. The average molecular weight is 407 g/mol. The number of nitrogens with one attached hydrogen (secondary N) is 1. The van der Waals surface area contributed by atoms with E-state index < -0.39 is 0 Å². The molecule has 4 rings (SSSR count). The van der Waals surface area contributed by atoms with E-state index in [1.807, 2.05) is 61.7 Å². The molecular formula is C19H15BrN6. The largest absolute Gasteiger partial charge is 0.338 e. The molecule has 0 saturated carbocycles. The molecule has 3 aromatic heterocycles. The lowest BCUT2D eigenvalue weighted by Gasteiger charge is -2.07. The van der Waals surface area contributed by atoms with Gasteiger partial charge in [0.2, 0.25) is 0 Å². The highest BCUT2D eigenvalue weighted by Crippen LogP contribution is 2.22. The molecule has 4 aromatic rings. The highest BCUT2D eigenvalue weighted by Gasteiger charge is 2.07. The summed E-state index contributed by atoms with van der Waals surface area (Å²) in [6.45, 7) is 1.95. The van der Waals surface area contributed by atoms with Crippen molar-refractivity contribution in [3.05, 3.63) is 77.3 Å². The molecule has 0 saturated heterocycles. The van der Waals surface area contributed by atoms with Gasteiger partial charge in [-0.2, -0.15) is 5.10 Å². The Kier molecular flexibility index (Phi) is 4.45. The van der Waals surface area contributed by atoms with Crippen LogP contribution in [0.25, 0.3) is 17.2 Å². The van der Waals surface area contributed by atoms with Crippen LogP contribution in [-0.2, 0) is 0 Å². The molecule has 6 nitrogen and oxygen atoms in total. The number of rotatable bonds is 4. The summed E-state index contributed by atoms with van der Waals surface area (Å²) in [6, 6.07) is 15.5. The van der Waals surface area contributed by atoms with Crippen LogP contribution in [0.1, 0.15) is 5.69 Å². The van der Waals surface area contributed by atoms with E-state index in [9.17, 15) is 0 Å². The second-order valence-corrected chi connectivity index (χ2v) is 6.63. The molecule has 1 aromatic carbocycles. The molecule has 0 aliphatic carbocycles.